The summed E-state index contributed by atoms with van der Waals surface area (Å²) in [6, 6.07) is 5.97. The summed E-state index contributed by atoms with van der Waals surface area (Å²) in [6.07, 6.45) is -12.8. The number of carbonyl (C=O) groups is 1. The van der Waals surface area contributed by atoms with E-state index < -0.39 is 58.9 Å². The first-order chi connectivity index (χ1) is 24.7. The van der Waals surface area contributed by atoms with Crippen LogP contribution in [0.15, 0.2) is 48.5 Å². The number of aryl methyl sites for hydroxylation is 1. The van der Waals surface area contributed by atoms with Crippen LogP contribution in [-0.4, -0.2) is 47.4 Å². The van der Waals surface area contributed by atoms with E-state index in [0.29, 0.717) is 29.0 Å². The number of aliphatic carboxylic acids is 1. The average molecular weight is 764 g/mol. The standard InChI is InChI=1S/C38H42F9NO5/c1-22-14-33(52-3)31(19-32(22)53-13-7-10-34(49)50)30-12-11-27(36(39,40)41)17-26(30)21-48(20-24-8-5-4-6-9-24)23(2)35(51)25-15-28(37(42,43)44)18-29(16-25)38(45,46)47/h11-12,14-19,23-24,35,51H,4-10,13,20-21H2,1-3H3,(H,49,50)/t23-,35-/m0/s1. The molecule has 0 heterocycles. The number of benzene rings is 3. The molecule has 0 bridgehead atoms. The minimum absolute atomic E-state index is 0.000361. The Morgan fingerprint density at radius 3 is 1.98 bits per heavy atom. The van der Waals surface area contributed by atoms with Gasteiger partial charge in [-0.3, -0.25) is 9.69 Å². The Kier molecular flexibility index (Phi) is 13.4. The Morgan fingerprint density at radius 1 is 0.830 bits per heavy atom. The fourth-order valence-electron chi connectivity index (χ4n) is 6.69. The van der Waals surface area contributed by atoms with Gasteiger partial charge in [-0.05, 0) is 104 Å². The van der Waals surface area contributed by atoms with Crippen LogP contribution in [0, 0.1) is 12.8 Å². The Hall–Kier alpha value is -3.98. The van der Waals surface area contributed by atoms with Gasteiger partial charge in [-0.1, -0.05) is 25.3 Å². The van der Waals surface area contributed by atoms with E-state index in [9.17, 15) is 49.4 Å². The average Bonchev–Trinajstić information content (AvgIpc) is 3.08. The summed E-state index contributed by atoms with van der Waals surface area (Å²) < 4.78 is 136. The second-order valence-corrected chi connectivity index (χ2v) is 13.5. The van der Waals surface area contributed by atoms with Gasteiger partial charge in [0.15, 0.2) is 0 Å². The van der Waals surface area contributed by atoms with E-state index in [2.05, 4.69) is 0 Å². The number of aliphatic hydroxyl groups is 1. The summed E-state index contributed by atoms with van der Waals surface area (Å²) in [5.74, 6) is -0.414. The van der Waals surface area contributed by atoms with Crippen molar-refractivity contribution in [1.82, 2.24) is 4.90 Å². The fourth-order valence-corrected chi connectivity index (χ4v) is 6.69. The van der Waals surface area contributed by atoms with Crippen LogP contribution in [0.2, 0.25) is 0 Å². The molecule has 0 spiro atoms. The summed E-state index contributed by atoms with van der Waals surface area (Å²) >= 11 is 0. The van der Waals surface area contributed by atoms with Gasteiger partial charge >= 0.3 is 24.5 Å². The number of nitrogens with zero attached hydrogens (tertiary/aromatic N) is 1. The lowest BCUT2D eigenvalue weighted by Crippen LogP contribution is -2.41. The maximum absolute atomic E-state index is 14.2. The van der Waals surface area contributed by atoms with Gasteiger partial charge in [0.2, 0.25) is 0 Å². The molecule has 0 unspecified atom stereocenters. The molecule has 3 aromatic rings. The van der Waals surface area contributed by atoms with Crippen LogP contribution >= 0.6 is 0 Å². The van der Waals surface area contributed by atoms with Crippen LogP contribution in [0.4, 0.5) is 39.5 Å². The van der Waals surface area contributed by atoms with Crippen molar-refractivity contribution in [2.45, 2.75) is 96.0 Å². The zero-order valence-corrected chi connectivity index (χ0v) is 29.4. The highest BCUT2D eigenvalue weighted by molar-refractivity contribution is 5.76. The van der Waals surface area contributed by atoms with Gasteiger partial charge in [-0.15, -0.1) is 0 Å². The van der Waals surface area contributed by atoms with E-state index in [0.717, 1.165) is 44.2 Å². The van der Waals surface area contributed by atoms with E-state index in [1.807, 2.05) is 0 Å². The van der Waals surface area contributed by atoms with Crippen LogP contribution < -0.4 is 9.47 Å². The molecule has 0 radical (unpaired) electrons. The Balaban J connectivity index is 1.83. The number of hydrogen-bond donors (Lipinski definition) is 2. The van der Waals surface area contributed by atoms with Crippen molar-refractivity contribution in [2.24, 2.45) is 5.92 Å². The second-order valence-electron chi connectivity index (χ2n) is 13.5. The van der Waals surface area contributed by atoms with E-state index in [1.54, 1.807) is 24.0 Å². The predicted octanol–water partition coefficient (Wildman–Crippen LogP) is 10.5. The molecule has 1 fully saturated rings. The highest BCUT2D eigenvalue weighted by Gasteiger charge is 2.39. The molecule has 1 saturated carbocycles. The maximum Gasteiger partial charge on any atom is 0.416 e. The molecule has 53 heavy (non-hydrogen) atoms. The molecule has 6 nitrogen and oxygen atoms in total. The van der Waals surface area contributed by atoms with Crippen molar-refractivity contribution in [3.8, 4) is 22.6 Å². The van der Waals surface area contributed by atoms with Crippen LogP contribution in [0.1, 0.15) is 91.4 Å². The summed E-state index contributed by atoms with van der Waals surface area (Å²) in [6.45, 7) is 3.09. The first-order valence-electron chi connectivity index (χ1n) is 17.1. The van der Waals surface area contributed by atoms with Crippen molar-refractivity contribution in [2.75, 3.05) is 20.3 Å². The topological polar surface area (TPSA) is 79.2 Å². The van der Waals surface area contributed by atoms with Gasteiger partial charge in [-0.25, -0.2) is 0 Å². The van der Waals surface area contributed by atoms with Crippen LogP contribution in [0.5, 0.6) is 11.5 Å². The number of hydrogen-bond acceptors (Lipinski definition) is 5. The lowest BCUT2D eigenvalue weighted by molar-refractivity contribution is -0.143. The first kappa shape index (κ1) is 41.8. The highest BCUT2D eigenvalue weighted by Crippen LogP contribution is 2.42. The van der Waals surface area contributed by atoms with Crippen LogP contribution in [0.25, 0.3) is 11.1 Å². The molecule has 2 atom stereocenters. The molecule has 0 saturated heterocycles. The molecule has 4 rings (SSSR count). The third kappa shape index (κ3) is 11.0. The van der Waals surface area contributed by atoms with E-state index in [1.165, 1.54) is 20.1 Å². The highest BCUT2D eigenvalue weighted by atomic mass is 19.4. The zero-order chi connectivity index (χ0) is 39.3. The number of ether oxygens (including phenoxy) is 2. The molecule has 1 aliphatic rings. The molecule has 1 aliphatic carbocycles. The Labute approximate surface area is 301 Å². The molecule has 2 N–H and O–H groups in total. The van der Waals surface area contributed by atoms with Gasteiger partial charge in [0, 0.05) is 31.1 Å². The summed E-state index contributed by atoms with van der Waals surface area (Å²) in [7, 11) is 1.37. The number of aliphatic hydroxyl groups excluding tert-OH is 1. The van der Waals surface area contributed by atoms with Gasteiger partial charge < -0.3 is 19.7 Å². The van der Waals surface area contributed by atoms with Gasteiger partial charge in [-0.2, -0.15) is 39.5 Å². The number of rotatable bonds is 14. The summed E-state index contributed by atoms with van der Waals surface area (Å²) in [5, 5.41) is 20.5. The molecule has 0 aliphatic heterocycles. The number of halogens is 9. The minimum Gasteiger partial charge on any atom is -0.496 e. The van der Waals surface area contributed by atoms with Crippen molar-refractivity contribution in [3.05, 3.63) is 81.9 Å². The second kappa shape index (κ2) is 17.0. The molecule has 0 amide bonds. The van der Waals surface area contributed by atoms with E-state index in [-0.39, 0.29) is 61.4 Å². The zero-order valence-electron chi connectivity index (χ0n) is 29.4. The molecule has 15 heteroatoms. The predicted molar refractivity (Wildman–Crippen MR) is 178 cm³/mol. The number of alkyl halides is 9. The van der Waals surface area contributed by atoms with Crippen molar-refractivity contribution in [1.29, 1.82) is 0 Å². The Morgan fingerprint density at radius 2 is 1.43 bits per heavy atom. The van der Waals surface area contributed by atoms with Gasteiger partial charge in [0.05, 0.1) is 36.5 Å². The largest absolute Gasteiger partial charge is 0.496 e. The molecular weight excluding hydrogens is 721 g/mol. The lowest BCUT2D eigenvalue weighted by Gasteiger charge is -2.37. The minimum atomic E-state index is -5.15. The fraction of sp³-hybridized carbons (Fsp3) is 0.500. The van der Waals surface area contributed by atoms with Crippen molar-refractivity contribution < 1.29 is 64.0 Å². The van der Waals surface area contributed by atoms with E-state index >= 15 is 0 Å². The summed E-state index contributed by atoms with van der Waals surface area (Å²) in [4.78, 5) is 12.6. The SMILES string of the molecule is COc1cc(C)c(OCCCC(=O)O)cc1-c1ccc(C(F)(F)F)cc1CN(CC1CCCCC1)[C@@H](C)[C@H](O)c1cc(C(F)(F)F)cc(C(F)(F)F)c1. The normalized spacial score (nSPS) is 15.7. The molecule has 3 aromatic carbocycles. The van der Waals surface area contributed by atoms with E-state index in [4.69, 9.17) is 14.6 Å². The smallest absolute Gasteiger partial charge is 0.416 e. The van der Waals surface area contributed by atoms with Gasteiger partial charge in [0.25, 0.3) is 0 Å². The third-order valence-electron chi connectivity index (χ3n) is 9.59. The molecule has 0 aromatic heterocycles. The monoisotopic (exact) mass is 763 g/mol. The first-order valence-corrected chi connectivity index (χ1v) is 17.1. The van der Waals surface area contributed by atoms with Gasteiger partial charge in [0.1, 0.15) is 11.5 Å². The van der Waals surface area contributed by atoms with Crippen molar-refractivity contribution >= 4 is 5.97 Å². The summed E-state index contributed by atoms with van der Waals surface area (Å²) in [5.41, 5.74) is -3.51. The number of carboxylic acids is 1. The molecule has 292 valence electrons. The van der Waals surface area contributed by atoms with Crippen LogP contribution in [0.3, 0.4) is 0 Å². The van der Waals surface area contributed by atoms with Crippen LogP contribution in [-0.2, 0) is 29.9 Å². The number of carboxylic acid groups (broad SMARTS) is 1. The van der Waals surface area contributed by atoms with Crippen molar-refractivity contribution in [3.63, 3.8) is 0 Å². The third-order valence-corrected chi connectivity index (χ3v) is 9.59. The maximum atomic E-state index is 14.2. The lowest BCUT2D eigenvalue weighted by atomic mass is 9.87. The number of methoxy groups -OCH3 is 1. The quantitative estimate of drug-likeness (QED) is 0.126. The molecular formula is C38H42F9NO5. The Bertz CT molecular complexity index is 1680.